The number of fused-ring (bicyclic) bond motifs is 1. The van der Waals surface area contributed by atoms with E-state index in [1.807, 2.05) is 34.9 Å². The molecule has 1 amide bonds. The molecule has 0 atom stereocenters. The molecule has 5 heteroatoms. The zero-order valence-corrected chi connectivity index (χ0v) is 17.9. The summed E-state index contributed by atoms with van der Waals surface area (Å²) in [4.78, 5) is 18.3. The number of methoxy groups -OCH3 is 1. The van der Waals surface area contributed by atoms with E-state index in [0.717, 1.165) is 54.3 Å². The molecule has 1 aromatic heterocycles. The quantitative estimate of drug-likeness (QED) is 0.590. The van der Waals surface area contributed by atoms with Gasteiger partial charge in [0, 0.05) is 41.5 Å². The molecule has 0 spiro atoms. The molecule has 0 saturated carbocycles. The van der Waals surface area contributed by atoms with Crippen LogP contribution in [0.25, 0.3) is 10.9 Å². The maximum absolute atomic E-state index is 12.9. The van der Waals surface area contributed by atoms with Gasteiger partial charge >= 0.3 is 0 Å². The topological polar surface area (TPSA) is 45.3 Å². The summed E-state index contributed by atoms with van der Waals surface area (Å²) in [7, 11) is 1.70. The fourth-order valence-electron chi connectivity index (χ4n) is 4.13. The van der Waals surface area contributed by atoms with Crippen LogP contribution in [0.5, 0.6) is 5.75 Å². The average Bonchev–Trinajstić information content (AvgIpc) is 3.21. The van der Waals surface area contributed by atoms with Crippen molar-refractivity contribution < 1.29 is 9.53 Å². The van der Waals surface area contributed by atoms with E-state index < -0.39 is 0 Å². The highest BCUT2D eigenvalue weighted by Crippen LogP contribution is 2.35. The monoisotopic (exact) mass is 408 g/mol. The summed E-state index contributed by atoms with van der Waals surface area (Å²) >= 11 is 1.90. The molecule has 1 fully saturated rings. The van der Waals surface area contributed by atoms with Crippen LogP contribution in [-0.2, 0) is 5.75 Å². The number of carbonyl (C=O) groups is 1. The molecule has 3 aromatic rings. The largest absolute Gasteiger partial charge is 0.497 e. The number of thioether (sulfide) groups is 1. The maximum atomic E-state index is 12.9. The van der Waals surface area contributed by atoms with Crippen LogP contribution in [0.1, 0.15) is 47.2 Å². The van der Waals surface area contributed by atoms with Crippen LogP contribution in [-0.4, -0.2) is 41.7 Å². The number of aromatic nitrogens is 1. The molecular weight excluding hydrogens is 380 g/mol. The molecule has 1 aliphatic rings. The molecule has 4 rings (SSSR count). The number of hydrogen-bond acceptors (Lipinski definition) is 3. The Hall–Kier alpha value is -2.40. The summed E-state index contributed by atoms with van der Waals surface area (Å²) in [6, 6.07) is 14.3. The van der Waals surface area contributed by atoms with Gasteiger partial charge in [0.05, 0.1) is 7.11 Å². The van der Waals surface area contributed by atoms with Crippen molar-refractivity contribution in [2.24, 2.45) is 0 Å². The van der Waals surface area contributed by atoms with Crippen molar-refractivity contribution in [3.8, 4) is 5.75 Å². The molecule has 0 aliphatic carbocycles. The number of carbonyl (C=O) groups excluding carboxylic acids is 1. The molecule has 1 aliphatic heterocycles. The average molecular weight is 409 g/mol. The first-order valence-corrected chi connectivity index (χ1v) is 11.5. The fourth-order valence-corrected chi connectivity index (χ4v) is 4.76. The number of likely N-dealkylation sites (tertiary alicyclic amines) is 1. The van der Waals surface area contributed by atoms with Crippen molar-refractivity contribution in [1.29, 1.82) is 0 Å². The van der Waals surface area contributed by atoms with E-state index in [9.17, 15) is 4.79 Å². The molecule has 0 unspecified atom stereocenters. The van der Waals surface area contributed by atoms with Crippen LogP contribution >= 0.6 is 11.8 Å². The van der Waals surface area contributed by atoms with E-state index in [2.05, 4.69) is 42.4 Å². The van der Waals surface area contributed by atoms with Crippen LogP contribution in [0.15, 0.2) is 48.7 Å². The van der Waals surface area contributed by atoms with Gasteiger partial charge in [-0.15, -0.1) is 0 Å². The van der Waals surface area contributed by atoms with Gasteiger partial charge in [0.25, 0.3) is 5.91 Å². The van der Waals surface area contributed by atoms with Gasteiger partial charge in [0.1, 0.15) is 5.75 Å². The van der Waals surface area contributed by atoms with Crippen molar-refractivity contribution >= 4 is 28.6 Å². The normalized spacial score (nSPS) is 15.0. The fraction of sp³-hybridized carbons (Fsp3) is 0.375. The molecule has 2 heterocycles. The minimum Gasteiger partial charge on any atom is -0.497 e. The van der Waals surface area contributed by atoms with Crippen molar-refractivity contribution in [2.45, 2.75) is 31.4 Å². The van der Waals surface area contributed by atoms with Gasteiger partial charge in [0.15, 0.2) is 0 Å². The number of piperidine rings is 1. The number of nitrogens with one attached hydrogen (secondary N) is 1. The summed E-state index contributed by atoms with van der Waals surface area (Å²) in [6.45, 7) is 3.76. The van der Waals surface area contributed by atoms with E-state index in [1.165, 1.54) is 16.5 Å². The molecule has 152 valence electrons. The van der Waals surface area contributed by atoms with Crippen LogP contribution in [0.4, 0.5) is 0 Å². The molecular formula is C24H28N2O2S. The van der Waals surface area contributed by atoms with Crippen molar-refractivity contribution in [2.75, 3.05) is 26.0 Å². The highest BCUT2D eigenvalue weighted by Gasteiger charge is 2.26. The molecule has 1 N–H and O–H groups in total. The lowest BCUT2D eigenvalue weighted by Crippen LogP contribution is -2.37. The van der Waals surface area contributed by atoms with E-state index in [0.29, 0.717) is 5.92 Å². The standard InChI is InChI=1S/C24H28N2O2S/c1-3-29-16-17-4-6-19(7-5-17)24(27)26-12-10-18(11-13-26)22-15-25-23-9-8-20(28-2)14-21(22)23/h4-9,14-15,18,25H,3,10-13,16H2,1-2H3. The second-order valence-electron chi connectivity index (χ2n) is 7.56. The predicted octanol–water partition coefficient (Wildman–Crippen LogP) is 5.45. The van der Waals surface area contributed by atoms with Gasteiger partial charge in [-0.25, -0.2) is 0 Å². The van der Waals surface area contributed by atoms with Crippen LogP contribution < -0.4 is 4.74 Å². The Balaban J connectivity index is 1.41. The first kappa shape index (κ1) is 19.9. The van der Waals surface area contributed by atoms with Gasteiger partial charge in [-0.3, -0.25) is 4.79 Å². The van der Waals surface area contributed by atoms with Gasteiger partial charge in [-0.1, -0.05) is 19.1 Å². The third-order valence-corrected chi connectivity index (χ3v) is 6.76. The minimum atomic E-state index is 0.152. The maximum Gasteiger partial charge on any atom is 0.253 e. The van der Waals surface area contributed by atoms with Crippen LogP contribution in [0.3, 0.4) is 0 Å². The van der Waals surface area contributed by atoms with Crippen LogP contribution in [0, 0.1) is 0 Å². The number of H-pyrrole nitrogens is 1. The summed E-state index contributed by atoms with van der Waals surface area (Å²) in [5, 5.41) is 1.23. The lowest BCUT2D eigenvalue weighted by Gasteiger charge is -2.32. The minimum absolute atomic E-state index is 0.152. The molecule has 29 heavy (non-hydrogen) atoms. The Kier molecular flexibility index (Phi) is 6.14. The third-order valence-electron chi connectivity index (χ3n) is 5.82. The van der Waals surface area contributed by atoms with Gasteiger partial charge in [-0.2, -0.15) is 11.8 Å². The van der Waals surface area contributed by atoms with E-state index in [4.69, 9.17) is 4.74 Å². The molecule has 2 aromatic carbocycles. The van der Waals surface area contributed by atoms with Crippen LogP contribution in [0.2, 0.25) is 0 Å². The van der Waals surface area contributed by atoms with E-state index in [1.54, 1.807) is 7.11 Å². The summed E-state index contributed by atoms with van der Waals surface area (Å²) in [5.41, 5.74) is 4.55. The number of ether oxygens (including phenoxy) is 1. The number of rotatable bonds is 6. The summed E-state index contributed by atoms with van der Waals surface area (Å²) in [5.74, 6) is 3.61. The number of amides is 1. The highest BCUT2D eigenvalue weighted by atomic mass is 32.2. The second-order valence-corrected chi connectivity index (χ2v) is 8.83. The SMILES string of the molecule is CCSCc1ccc(C(=O)N2CCC(c3c[nH]c4ccc(OC)cc34)CC2)cc1. The Morgan fingerprint density at radius 3 is 2.62 bits per heavy atom. The number of nitrogens with zero attached hydrogens (tertiary/aromatic N) is 1. The van der Waals surface area contributed by atoms with Crippen molar-refractivity contribution in [1.82, 2.24) is 9.88 Å². The molecule has 0 radical (unpaired) electrons. The zero-order chi connectivity index (χ0) is 20.2. The third kappa shape index (κ3) is 4.30. The van der Waals surface area contributed by atoms with Crippen molar-refractivity contribution in [3.05, 3.63) is 65.4 Å². The lowest BCUT2D eigenvalue weighted by molar-refractivity contribution is 0.0713. The number of benzene rings is 2. The lowest BCUT2D eigenvalue weighted by atomic mass is 9.89. The predicted molar refractivity (Wildman–Crippen MR) is 121 cm³/mol. The Morgan fingerprint density at radius 2 is 1.93 bits per heavy atom. The van der Waals surface area contributed by atoms with Gasteiger partial charge < -0.3 is 14.6 Å². The van der Waals surface area contributed by atoms with Gasteiger partial charge in [-0.05, 0) is 66.0 Å². The molecule has 0 bridgehead atoms. The first-order chi connectivity index (χ1) is 14.2. The first-order valence-electron chi connectivity index (χ1n) is 10.3. The molecule has 1 saturated heterocycles. The van der Waals surface area contributed by atoms with E-state index in [-0.39, 0.29) is 5.91 Å². The van der Waals surface area contributed by atoms with Gasteiger partial charge in [0.2, 0.25) is 0 Å². The Morgan fingerprint density at radius 1 is 1.17 bits per heavy atom. The Labute approximate surface area is 176 Å². The Bertz CT molecular complexity index is 972. The second kappa shape index (κ2) is 8.95. The molecule has 4 nitrogen and oxygen atoms in total. The zero-order valence-electron chi connectivity index (χ0n) is 17.1. The highest BCUT2D eigenvalue weighted by molar-refractivity contribution is 7.98. The summed E-state index contributed by atoms with van der Waals surface area (Å²) < 4.78 is 5.39. The van der Waals surface area contributed by atoms with Crippen molar-refractivity contribution in [3.63, 3.8) is 0 Å². The summed E-state index contributed by atoms with van der Waals surface area (Å²) in [6.07, 6.45) is 4.10. The number of aromatic amines is 1. The smallest absolute Gasteiger partial charge is 0.253 e. The number of hydrogen-bond donors (Lipinski definition) is 1. The van der Waals surface area contributed by atoms with E-state index >= 15 is 0 Å².